The van der Waals surface area contributed by atoms with Gasteiger partial charge in [-0.05, 0) is 34.9 Å². The smallest absolute Gasteiger partial charge is 0.253 e. The highest BCUT2D eigenvalue weighted by Gasteiger charge is 2.16. The molecule has 1 aliphatic rings. The van der Waals surface area contributed by atoms with E-state index in [1.807, 2.05) is 43.4 Å². The van der Waals surface area contributed by atoms with Crippen LogP contribution in [0.1, 0.15) is 27.0 Å². The molecule has 108 valence electrons. The molecule has 3 rings (SSSR count). The number of rotatable bonds is 3. The van der Waals surface area contributed by atoms with Crippen LogP contribution in [-0.2, 0) is 19.6 Å². The zero-order valence-electron chi connectivity index (χ0n) is 11.9. The predicted octanol–water partition coefficient (Wildman–Crippen LogP) is 3.32. The number of carbonyl (C=O) groups is 1. The van der Waals surface area contributed by atoms with Gasteiger partial charge < -0.3 is 10.2 Å². The second-order valence-electron chi connectivity index (χ2n) is 5.34. The number of benzene rings is 2. The molecule has 2 aromatic rings. The first-order valence-corrected chi connectivity index (χ1v) is 7.76. The third-order valence-electron chi connectivity index (χ3n) is 3.80. The summed E-state index contributed by atoms with van der Waals surface area (Å²) in [5, 5.41) is 3.30. The average Bonchev–Trinajstić information content (AvgIpc) is 2.96. The van der Waals surface area contributed by atoms with Crippen molar-refractivity contribution in [2.45, 2.75) is 19.6 Å². The first-order chi connectivity index (χ1) is 10.1. The van der Waals surface area contributed by atoms with Crippen molar-refractivity contribution < 1.29 is 4.79 Å². The van der Waals surface area contributed by atoms with Crippen LogP contribution in [0.4, 0.5) is 0 Å². The number of hydrogen-bond acceptors (Lipinski definition) is 2. The van der Waals surface area contributed by atoms with Crippen molar-refractivity contribution in [1.29, 1.82) is 0 Å². The predicted molar refractivity (Wildman–Crippen MR) is 86.9 cm³/mol. The zero-order chi connectivity index (χ0) is 14.8. The fraction of sp³-hybridized carbons (Fsp3) is 0.235. The molecule has 1 aliphatic heterocycles. The third-order valence-corrected chi connectivity index (χ3v) is 4.57. The molecule has 1 N–H and O–H groups in total. The van der Waals surface area contributed by atoms with Crippen molar-refractivity contribution in [3.8, 4) is 0 Å². The molecular formula is C17H17BrN2O. The van der Waals surface area contributed by atoms with Gasteiger partial charge in [0.25, 0.3) is 5.91 Å². The lowest BCUT2D eigenvalue weighted by Gasteiger charge is -2.18. The average molecular weight is 345 g/mol. The highest BCUT2D eigenvalue weighted by molar-refractivity contribution is 9.10. The van der Waals surface area contributed by atoms with Gasteiger partial charge in [0.2, 0.25) is 0 Å². The van der Waals surface area contributed by atoms with Crippen molar-refractivity contribution in [1.82, 2.24) is 10.2 Å². The largest absolute Gasteiger partial charge is 0.337 e. The molecule has 1 heterocycles. The summed E-state index contributed by atoms with van der Waals surface area (Å²) in [6.45, 7) is 2.34. The van der Waals surface area contributed by atoms with Crippen LogP contribution < -0.4 is 5.32 Å². The number of nitrogens with zero attached hydrogens (tertiary/aromatic N) is 1. The summed E-state index contributed by atoms with van der Waals surface area (Å²) in [6, 6.07) is 14.0. The molecule has 1 amide bonds. The molecule has 0 spiro atoms. The summed E-state index contributed by atoms with van der Waals surface area (Å²) in [6.07, 6.45) is 0. The van der Waals surface area contributed by atoms with E-state index in [0.717, 1.165) is 28.7 Å². The van der Waals surface area contributed by atoms with Crippen LogP contribution >= 0.6 is 15.9 Å². The summed E-state index contributed by atoms with van der Waals surface area (Å²) in [5.41, 5.74) is 4.39. The molecule has 0 radical (unpaired) electrons. The molecule has 3 nitrogen and oxygen atoms in total. The van der Waals surface area contributed by atoms with Crippen LogP contribution in [0.3, 0.4) is 0 Å². The first kappa shape index (κ1) is 14.3. The van der Waals surface area contributed by atoms with Crippen molar-refractivity contribution in [2.24, 2.45) is 0 Å². The molecule has 0 unspecified atom stereocenters. The van der Waals surface area contributed by atoms with E-state index >= 15 is 0 Å². The van der Waals surface area contributed by atoms with Gasteiger partial charge in [-0.1, -0.05) is 40.2 Å². The molecule has 0 saturated carbocycles. The zero-order valence-corrected chi connectivity index (χ0v) is 13.5. The molecule has 4 heteroatoms. The molecule has 2 aromatic carbocycles. The SMILES string of the molecule is CN(Cc1ccccc1Br)C(=O)c1ccc2c(c1)CNC2. The molecule has 0 fully saturated rings. The molecule has 0 bridgehead atoms. The topological polar surface area (TPSA) is 32.3 Å². The van der Waals surface area contributed by atoms with Crippen molar-refractivity contribution >= 4 is 21.8 Å². The quantitative estimate of drug-likeness (QED) is 0.926. The highest BCUT2D eigenvalue weighted by atomic mass is 79.9. The van der Waals surface area contributed by atoms with Gasteiger partial charge >= 0.3 is 0 Å². The molecule has 0 atom stereocenters. The lowest BCUT2D eigenvalue weighted by Crippen LogP contribution is -2.26. The Bertz CT molecular complexity index is 684. The van der Waals surface area contributed by atoms with Gasteiger partial charge in [-0.25, -0.2) is 0 Å². The minimum absolute atomic E-state index is 0.0560. The van der Waals surface area contributed by atoms with Gasteiger partial charge in [0.15, 0.2) is 0 Å². The van der Waals surface area contributed by atoms with E-state index in [9.17, 15) is 4.79 Å². The number of amides is 1. The van der Waals surface area contributed by atoms with Crippen LogP contribution in [0, 0.1) is 0 Å². The maximum absolute atomic E-state index is 12.6. The fourth-order valence-corrected chi connectivity index (χ4v) is 3.01. The number of fused-ring (bicyclic) bond motifs is 1. The Morgan fingerprint density at radius 1 is 1.19 bits per heavy atom. The minimum Gasteiger partial charge on any atom is -0.337 e. The summed E-state index contributed by atoms with van der Waals surface area (Å²) in [5.74, 6) is 0.0560. The maximum Gasteiger partial charge on any atom is 0.253 e. The Kier molecular flexibility index (Phi) is 4.08. The maximum atomic E-state index is 12.6. The van der Waals surface area contributed by atoms with E-state index < -0.39 is 0 Å². The Hall–Kier alpha value is -1.65. The van der Waals surface area contributed by atoms with Crippen LogP contribution in [0.25, 0.3) is 0 Å². The summed E-state index contributed by atoms with van der Waals surface area (Å²) < 4.78 is 1.03. The van der Waals surface area contributed by atoms with E-state index in [4.69, 9.17) is 0 Å². The minimum atomic E-state index is 0.0560. The number of halogens is 1. The Labute approximate surface area is 133 Å². The lowest BCUT2D eigenvalue weighted by molar-refractivity contribution is 0.0785. The summed E-state index contributed by atoms with van der Waals surface area (Å²) in [7, 11) is 1.84. The van der Waals surface area contributed by atoms with E-state index in [0.29, 0.717) is 6.54 Å². The molecule has 0 saturated heterocycles. The van der Waals surface area contributed by atoms with Gasteiger partial charge in [-0.3, -0.25) is 4.79 Å². The highest BCUT2D eigenvalue weighted by Crippen LogP contribution is 2.20. The van der Waals surface area contributed by atoms with E-state index in [1.54, 1.807) is 4.90 Å². The third kappa shape index (κ3) is 3.01. The molecule has 21 heavy (non-hydrogen) atoms. The van der Waals surface area contributed by atoms with Crippen LogP contribution in [0.15, 0.2) is 46.9 Å². The second kappa shape index (κ2) is 6.00. The van der Waals surface area contributed by atoms with Crippen molar-refractivity contribution in [2.75, 3.05) is 7.05 Å². The van der Waals surface area contributed by atoms with E-state index in [-0.39, 0.29) is 5.91 Å². The van der Waals surface area contributed by atoms with E-state index in [1.165, 1.54) is 11.1 Å². The fourth-order valence-electron chi connectivity index (χ4n) is 2.60. The Balaban J connectivity index is 1.77. The van der Waals surface area contributed by atoms with Crippen LogP contribution in [0.2, 0.25) is 0 Å². The molecular weight excluding hydrogens is 328 g/mol. The number of carbonyl (C=O) groups excluding carboxylic acids is 1. The molecule has 0 aliphatic carbocycles. The second-order valence-corrected chi connectivity index (χ2v) is 6.19. The van der Waals surface area contributed by atoms with Crippen molar-refractivity contribution in [3.05, 3.63) is 69.2 Å². The van der Waals surface area contributed by atoms with E-state index in [2.05, 4.69) is 27.3 Å². The number of hydrogen-bond donors (Lipinski definition) is 1. The number of nitrogens with one attached hydrogen (secondary N) is 1. The van der Waals surface area contributed by atoms with Crippen molar-refractivity contribution in [3.63, 3.8) is 0 Å². The van der Waals surface area contributed by atoms with Gasteiger partial charge in [0.1, 0.15) is 0 Å². The van der Waals surface area contributed by atoms with Gasteiger partial charge in [-0.2, -0.15) is 0 Å². The van der Waals surface area contributed by atoms with Crippen LogP contribution in [0.5, 0.6) is 0 Å². The lowest BCUT2D eigenvalue weighted by atomic mass is 10.1. The normalized spacial score (nSPS) is 13.0. The Morgan fingerprint density at radius 2 is 1.95 bits per heavy atom. The monoisotopic (exact) mass is 344 g/mol. The Morgan fingerprint density at radius 3 is 2.76 bits per heavy atom. The van der Waals surface area contributed by atoms with Crippen LogP contribution in [-0.4, -0.2) is 17.9 Å². The van der Waals surface area contributed by atoms with Gasteiger partial charge in [-0.15, -0.1) is 0 Å². The van der Waals surface area contributed by atoms with Gasteiger partial charge in [0, 0.05) is 36.7 Å². The first-order valence-electron chi connectivity index (χ1n) is 6.96. The summed E-state index contributed by atoms with van der Waals surface area (Å²) >= 11 is 3.52. The summed E-state index contributed by atoms with van der Waals surface area (Å²) in [4.78, 5) is 14.3. The molecule has 0 aromatic heterocycles. The van der Waals surface area contributed by atoms with Gasteiger partial charge in [0.05, 0.1) is 0 Å². The standard InChI is InChI=1S/C17H17BrN2O/c1-20(11-14-4-2-3-5-16(14)18)17(21)12-6-7-13-9-19-10-15(13)8-12/h2-8,19H,9-11H2,1H3.